The van der Waals surface area contributed by atoms with Gasteiger partial charge in [-0.1, -0.05) is 62.4 Å². The van der Waals surface area contributed by atoms with Crippen LogP contribution in [0.5, 0.6) is 0 Å². The van der Waals surface area contributed by atoms with Gasteiger partial charge in [0.15, 0.2) is 6.10 Å². The molecule has 31 heavy (non-hydrogen) atoms. The molecule has 0 aliphatic heterocycles. The van der Waals surface area contributed by atoms with Crippen molar-refractivity contribution < 1.29 is 29.3 Å². The van der Waals surface area contributed by atoms with Crippen molar-refractivity contribution in [3.05, 3.63) is 59.7 Å². The summed E-state index contributed by atoms with van der Waals surface area (Å²) >= 11 is 0. The molecule has 0 spiro atoms. The maximum absolute atomic E-state index is 12.4. The van der Waals surface area contributed by atoms with E-state index in [1.54, 1.807) is 13.8 Å². The largest absolute Gasteiger partial charge is 0.479 e. The average Bonchev–Trinajstić information content (AvgIpc) is 3.07. The predicted molar refractivity (Wildman–Crippen MR) is 113 cm³/mol. The molecule has 2 aromatic carbocycles. The van der Waals surface area contributed by atoms with E-state index in [1.807, 2.05) is 48.5 Å². The molecule has 2 amide bonds. The van der Waals surface area contributed by atoms with E-state index in [0.29, 0.717) is 0 Å². The number of ether oxygens (including phenoxy) is 1. The van der Waals surface area contributed by atoms with Gasteiger partial charge < -0.3 is 25.6 Å². The number of amides is 2. The second kappa shape index (κ2) is 9.61. The number of fused-ring (bicyclic) bond motifs is 3. The Morgan fingerprint density at radius 3 is 2.06 bits per heavy atom. The molecule has 164 valence electrons. The second-order valence-electron chi connectivity index (χ2n) is 7.79. The number of alkyl carbamates (subject to hydrolysis) is 1. The third kappa shape index (κ3) is 5.03. The predicted octanol–water partition coefficient (Wildman–Crippen LogP) is 2.11. The number of carboxylic acids is 1. The van der Waals surface area contributed by atoms with Gasteiger partial charge in [-0.2, -0.15) is 0 Å². The van der Waals surface area contributed by atoms with Crippen LogP contribution in [0.1, 0.15) is 30.9 Å². The molecule has 3 rings (SSSR count). The first-order valence-electron chi connectivity index (χ1n) is 10.1. The topological polar surface area (TPSA) is 125 Å². The van der Waals surface area contributed by atoms with Crippen LogP contribution in [0.3, 0.4) is 0 Å². The number of aliphatic hydroxyl groups excluding tert-OH is 1. The number of aliphatic hydroxyl groups is 1. The Kier molecular flexibility index (Phi) is 6.91. The van der Waals surface area contributed by atoms with Gasteiger partial charge in [-0.25, -0.2) is 9.59 Å². The zero-order chi connectivity index (χ0) is 22.5. The fraction of sp³-hybridized carbons (Fsp3) is 0.348. The zero-order valence-electron chi connectivity index (χ0n) is 17.4. The smallest absolute Gasteiger partial charge is 0.407 e. The van der Waals surface area contributed by atoms with Crippen LogP contribution in [0.4, 0.5) is 4.79 Å². The number of rotatable bonds is 8. The lowest BCUT2D eigenvalue weighted by atomic mass is 9.98. The van der Waals surface area contributed by atoms with Crippen molar-refractivity contribution in [2.45, 2.75) is 31.9 Å². The quantitative estimate of drug-likeness (QED) is 0.512. The van der Waals surface area contributed by atoms with Crippen LogP contribution < -0.4 is 10.6 Å². The van der Waals surface area contributed by atoms with Crippen molar-refractivity contribution in [3.63, 3.8) is 0 Å². The van der Waals surface area contributed by atoms with E-state index in [0.717, 1.165) is 22.3 Å². The Labute approximate surface area is 180 Å². The van der Waals surface area contributed by atoms with Crippen molar-refractivity contribution in [3.8, 4) is 11.1 Å². The van der Waals surface area contributed by atoms with E-state index in [9.17, 15) is 19.5 Å². The molecule has 4 N–H and O–H groups in total. The highest BCUT2D eigenvalue weighted by atomic mass is 16.5. The third-order valence-electron chi connectivity index (χ3n) is 5.32. The number of aliphatic carboxylic acids is 1. The average molecular weight is 426 g/mol. The van der Waals surface area contributed by atoms with E-state index < -0.39 is 36.7 Å². The summed E-state index contributed by atoms with van der Waals surface area (Å²) in [6.07, 6.45) is -2.46. The number of hydrogen-bond acceptors (Lipinski definition) is 5. The van der Waals surface area contributed by atoms with Gasteiger partial charge in [-0.05, 0) is 28.2 Å². The molecule has 1 aliphatic rings. The Morgan fingerprint density at radius 1 is 1.00 bits per heavy atom. The lowest BCUT2D eigenvalue weighted by Gasteiger charge is -2.22. The highest BCUT2D eigenvalue weighted by Crippen LogP contribution is 2.44. The normalized spacial score (nSPS) is 14.3. The molecule has 0 radical (unpaired) electrons. The Bertz CT molecular complexity index is 929. The van der Waals surface area contributed by atoms with Gasteiger partial charge in [-0.15, -0.1) is 0 Å². The van der Waals surface area contributed by atoms with Crippen LogP contribution in [0, 0.1) is 5.92 Å². The fourth-order valence-corrected chi connectivity index (χ4v) is 3.70. The molecule has 8 heteroatoms. The monoisotopic (exact) mass is 426 g/mol. The third-order valence-corrected chi connectivity index (χ3v) is 5.32. The van der Waals surface area contributed by atoms with E-state index in [4.69, 9.17) is 9.84 Å². The number of benzene rings is 2. The SMILES string of the molecule is CC(C)[C@H](NC(=O)OCC1c2ccccc2-c2ccccc21)C(=O)NCC(O)C(=O)O. The van der Waals surface area contributed by atoms with Gasteiger partial charge in [0.05, 0.1) is 6.54 Å². The molecule has 0 aromatic heterocycles. The van der Waals surface area contributed by atoms with Gasteiger partial charge in [-0.3, -0.25) is 4.79 Å². The van der Waals surface area contributed by atoms with Crippen molar-refractivity contribution >= 4 is 18.0 Å². The van der Waals surface area contributed by atoms with Crippen LogP contribution in [0.2, 0.25) is 0 Å². The van der Waals surface area contributed by atoms with Crippen molar-refractivity contribution in [2.75, 3.05) is 13.2 Å². The molecule has 1 unspecified atom stereocenters. The van der Waals surface area contributed by atoms with Crippen LogP contribution >= 0.6 is 0 Å². The summed E-state index contributed by atoms with van der Waals surface area (Å²) in [5, 5.41) is 22.9. The van der Waals surface area contributed by atoms with E-state index >= 15 is 0 Å². The van der Waals surface area contributed by atoms with Crippen LogP contribution in [-0.2, 0) is 14.3 Å². The second-order valence-corrected chi connectivity index (χ2v) is 7.79. The van der Waals surface area contributed by atoms with Crippen LogP contribution in [-0.4, -0.2) is 53.5 Å². The van der Waals surface area contributed by atoms with Gasteiger partial charge in [0.2, 0.25) is 5.91 Å². The molecule has 8 nitrogen and oxygen atoms in total. The van der Waals surface area contributed by atoms with E-state index in [1.165, 1.54) is 0 Å². The van der Waals surface area contributed by atoms with Gasteiger partial charge in [0, 0.05) is 5.92 Å². The Hall–Kier alpha value is -3.39. The molecule has 1 aliphatic carbocycles. The summed E-state index contributed by atoms with van der Waals surface area (Å²) in [7, 11) is 0. The molecule has 0 heterocycles. The van der Waals surface area contributed by atoms with Gasteiger partial charge in [0.25, 0.3) is 0 Å². The highest BCUT2D eigenvalue weighted by Gasteiger charge is 2.30. The molecule has 2 aromatic rings. The van der Waals surface area contributed by atoms with Crippen LogP contribution in [0.25, 0.3) is 11.1 Å². The van der Waals surface area contributed by atoms with Crippen molar-refractivity contribution in [1.82, 2.24) is 10.6 Å². The van der Waals surface area contributed by atoms with Crippen molar-refractivity contribution in [1.29, 1.82) is 0 Å². The molecule has 0 saturated carbocycles. The first-order chi connectivity index (χ1) is 14.8. The van der Waals surface area contributed by atoms with Gasteiger partial charge >= 0.3 is 12.1 Å². The zero-order valence-corrected chi connectivity index (χ0v) is 17.4. The summed E-state index contributed by atoms with van der Waals surface area (Å²) in [6, 6.07) is 15.0. The first kappa shape index (κ1) is 22.3. The maximum atomic E-state index is 12.4. The molecular weight excluding hydrogens is 400 g/mol. The maximum Gasteiger partial charge on any atom is 0.407 e. The Morgan fingerprint density at radius 2 is 1.55 bits per heavy atom. The fourth-order valence-electron chi connectivity index (χ4n) is 3.70. The van der Waals surface area contributed by atoms with Crippen molar-refractivity contribution in [2.24, 2.45) is 5.92 Å². The molecular formula is C23H26N2O6. The molecule has 2 atom stereocenters. The summed E-state index contributed by atoms with van der Waals surface area (Å²) in [4.78, 5) is 35.5. The summed E-state index contributed by atoms with van der Waals surface area (Å²) < 4.78 is 5.46. The number of carboxylic acid groups (broad SMARTS) is 1. The highest BCUT2D eigenvalue weighted by molar-refractivity contribution is 5.86. The minimum atomic E-state index is -1.72. The lowest BCUT2D eigenvalue weighted by Crippen LogP contribution is -2.51. The molecule has 0 fully saturated rings. The minimum Gasteiger partial charge on any atom is -0.479 e. The number of carbonyl (C=O) groups excluding carboxylic acids is 2. The molecule has 0 saturated heterocycles. The van der Waals surface area contributed by atoms with Gasteiger partial charge in [0.1, 0.15) is 12.6 Å². The van der Waals surface area contributed by atoms with E-state index in [2.05, 4.69) is 10.6 Å². The van der Waals surface area contributed by atoms with E-state index in [-0.39, 0.29) is 18.4 Å². The molecule has 0 bridgehead atoms. The number of hydrogen-bond donors (Lipinski definition) is 4. The summed E-state index contributed by atoms with van der Waals surface area (Å²) in [5.74, 6) is -2.41. The standard InChI is InChI=1S/C23H26N2O6/c1-13(2)20(21(27)24-11-19(26)22(28)29)25-23(30)31-12-18-16-9-5-3-7-14(16)15-8-4-6-10-17(15)18/h3-10,13,18-20,26H,11-12H2,1-2H3,(H,24,27)(H,25,30)(H,28,29)/t19?,20-/m0/s1. The lowest BCUT2D eigenvalue weighted by molar-refractivity contribution is -0.146. The first-order valence-corrected chi connectivity index (χ1v) is 10.1. The minimum absolute atomic E-state index is 0.102. The Balaban J connectivity index is 1.62. The van der Waals surface area contributed by atoms with Crippen LogP contribution in [0.15, 0.2) is 48.5 Å². The summed E-state index contributed by atoms with van der Waals surface area (Å²) in [5.41, 5.74) is 4.39. The summed E-state index contributed by atoms with van der Waals surface area (Å²) in [6.45, 7) is 3.14. The number of nitrogens with one attached hydrogen (secondary N) is 2. The number of carbonyl (C=O) groups is 3.